The second-order valence-corrected chi connectivity index (χ2v) is 6.97. The fourth-order valence-electron chi connectivity index (χ4n) is 1.54. The number of anilines is 1. The number of rotatable bonds is 5. The second kappa shape index (κ2) is 7.07. The Hall–Kier alpha value is -1.36. The molecule has 0 aromatic carbocycles. The smallest absolute Gasteiger partial charge is 0.239 e. The molecule has 0 spiro atoms. The van der Waals surface area contributed by atoms with Gasteiger partial charge in [-0.15, -0.1) is 0 Å². The van der Waals surface area contributed by atoms with Crippen LogP contribution in [0.3, 0.4) is 0 Å². The highest BCUT2D eigenvalue weighted by atomic mass is 35.5. The number of amides is 1. The number of nitrogens with one attached hydrogen (secondary N) is 2. The maximum atomic E-state index is 11.7. The molecule has 0 aliphatic rings. The lowest BCUT2D eigenvalue weighted by Crippen LogP contribution is -2.33. The minimum atomic E-state index is -0.201. The number of carbonyl (C=O) groups is 1. The Morgan fingerprint density at radius 1 is 1.29 bits per heavy atom. The number of hydrogen-bond acceptors (Lipinski definition) is 4. The van der Waals surface area contributed by atoms with E-state index in [1.54, 1.807) is 0 Å². The van der Waals surface area contributed by atoms with Gasteiger partial charge in [-0.25, -0.2) is 9.97 Å². The Kier molecular flexibility index (Phi) is 5.96. The van der Waals surface area contributed by atoms with Gasteiger partial charge in [0.25, 0.3) is 0 Å². The SMILES string of the molecule is Cc1c(Cl)nc(C(C)(C)C)nc1NCC(=O)NCC(C)C. The molecule has 118 valence electrons. The van der Waals surface area contributed by atoms with Crippen molar-refractivity contribution in [2.24, 2.45) is 5.92 Å². The van der Waals surface area contributed by atoms with Crippen LogP contribution in [0.25, 0.3) is 0 Å². The summed E-state index contributed by atoms with van der Waals surface area (Å²) in [6.45, 7) is 12.8. The standard InChI is InChI=1S/C15H25ClN4O/c1-9(2)7-17-11(21)8-18-13-10(3)12(16)19-14(20-13)15(4,5)6/h9H,7-8H2,1-6H3,(H,17,21)(H,18,19,20). The molecule has 1 rings (SSSR count). The minimum Gasteiger partial charge on any atom is -0.361 e. The molecule has 0 bridgehead atoms. The molecule has 1 heterocycles. The lowest BCUT2D eigenvalue weighted by Gasteiger charge is -2.19. The zero-order valence-electron chi connectivity index (χ0n) is 13.7. The van der Waals surface area contributed by atoms with Gasteiger partial charge in [-0.3, -0.25) is 4.79 Å². The molecule has 1 aromatic rings. The van der Waals surface area contributed by atoms with Crippen LogP contribution < -0.4 is 10.6 Å². The Morgan fingerprint density at radius 3 is 2.43 bits per heavy atom. The Bertz CT molecular complexity index is 509. The number of hydrogen-bond donors (Lipinski definition) is 2. The quantitative estimate of drug-likeness (QED) is 0.820. The first-order chi connectivity index (χ1) is 9.61. The summed E-state index contributed by atoms with van der Waals surface area (Å²) < 4.78 is 0. The summed E-state index contributed by atoms with van der Waals surface area (Å²) in [5, 5.41) is 6.31. The second-order valence-electron chi connectivity index (χ2n) is 6.61. The molecule has 21 heavy (non-hydrogen) atoms. The zero-order valence-corrected chi connectivity index (χ0v) is 14.4. The molecule has 0 saturated heterocycles. The molecule has 0 atom stereocenters. The van der Waals surface area contributed by atoms with E-state index in [0.717, 1.165) is 5.56 Å². The molecule has 5 nitrogen and oxygen atoms in total. The number of aromatic nitrogens is 2. The first-order valence-electron chi connectivity index (χ1n) is 7.16. The third-order valence-electron chi connectivity index (χ3n) is 2.88. The average molecular weight is 313 g/mol. The highest BCUT2D eigenvalue weighted by Gasteiger charge is 2.20. The third-order valence-corrected chi connectivity index (χ3v) is 3.25. The molecule has 0 saturated carbocycles. The lowest BCUT2D eigenvalue weighted by molar-refractivity contribution is -0.119. The van der Waals surface area contributed by atoms with E-state index in [0.29, 0.717) is 29.3 Å². The fourth-order valence-corrected chi connectivity index (χ4v) is 1.71. The lowest BCUT2D eigenvalue weighted by atomic mass is 9.95. The van der Waals surface area contributed by atoms with Crippen molar-refractivity contribution in [1.82, 2.24) is 15.3 Å². The predicted octanol–water partition coefficient (Wildman–Crippen LogP) is 2.92. The van der Waals surface area contributed by atoms with Crippen molar-refractivity contribution in [3.8, 4) is 0 Å². The van der Waals surface area contributed by atoms with E-state index in [-0.39, 0.29) is 17.9 Å². The summed E-state index contributed by atoms with van der Waals surface area (Å²) in [6.07, 6.45) is 0. The summed E-state index contributed by atoms with van der Waals surface area (Å²) in [7, 11) is 0. The average Bonchev–Trinajstić information content (AvgIpc) is 2.36. The minimum absolute atomic E-state index is 0.0601. The van der Waals surface area contributed by atoms with Gasteiger partial charge < -0.3 is 10.6 Å². The number of halogens is 1. The normalized spacial score (nSPS) is 11.6. The highest BCUT2D eigenvalue weighted by Crippen LogP contribution is 2.25. The maximum absolute atomic E-state index is 11.7. The Balaban J connectivity index is 2.79. The topological polar surface area (TPSA) is 66.9 Å². The molecule has 0 radical (unpaired) electrons. The van der Waals surface area contributed by atoms with Crippen molar-refractivity contribution >= 4 is 23.3 Å². The van der Waals surface area contributed by atoms with Gasteiger partial charge >= 0.3 is 0 Å². The number of nitrogens with zero attached hydrogens (tertiary/aromatic N) is 2. The van der Waals surface area contributed by atoms with Crippen LogP contribution in [0.2, 0.25) is 5.15 Å². The van der Waals surface area contributed by atoms with Gasteiger partial charge in [-0.2, -0.15) is 0 Å². The zero-order chi connectivity index (χ0) is 16.2. The van der Waals surface area contributed by atoms with Crippen molar-refractivity contribution in [2.45, 2.75) is 47.0 Å². The summed E-state index contributed by atoms with van der Waals surface area (Å²) >= 11 is 6.15. The van der Waals surface area contributed by atoms with Gasteiger partial charge in [-0.1, -0.05) is 46.2 Å². The van der Waals surface area contributed by atoms with Gasteiger partial charge in [0.05, 0.1) is 6.54 Å². The van der Waals surface area contributed by atoms with Crippen molar-refractivity contribution in [3.05, 3.63) is 16.5 Å². The largest absolute Gasteiger partial charge is 0.361 e. The van der Waals surface area contributed by atoms with E-state index in [4.69, 9.17) is 11.6 Å². The molecule has 1 aromatic heterocycles. The van der Waals surface area contributed by atoms with Gasteiger partial charge in [0.15, 0.2) is 0 Å². The fraction of sp³-hybridized carbons (Fsp3) is 0.667. The van der Waals surface area contributed by atoms with E-state index < -0.39 is 0 Å². The molecular formula is C15H25ClN4O. The molecule has 0 fully saturated rings. The van der Waals surface area contributed by atoms with Gasteiger partial charge in [0, 0.05) is 17.5 Å². The van der Waals surface area contributed by atoms with Crippen LogP contribution in [-0.4, -0.2) is 29.0 Å². The molecule has 2 N–H and O–H groups in total. The summed E-state index contributed by atoms with van der Waals surface area (Å²) in [5.74, 6) is 1.63. The summed E-state index contributed by atoms with van der Waals surface area (Å²) in [6, 6.07) is 0. The Labute approximate surface area is 131 Å². The molecule has 0 aliphatic heterocycles. The maximum Gasteiger partial charge on any atom is 0.239 e. The van der Waals surface area contributed by atoms with Crippen molar-refractivity contribution < 1.29 is 4.79 Å². The van der Waals surface area contributed by atoms with Crippen molar-refractivity contribution in [1.29, 1.82) is 0 Å². The van der Waals surface area contributed by atoms with Crippen molar-refractivity contribution in [3.63, 3.8) is 0 Å². The summed E-state index contributed by atoms with van der Waals surface area (Å²) in [5.41, 5.74) is 0.551. The van der Waals surface area contributed by atoms with E-state index in [1.807, 2.05) is 27.7 Å². The molecule has 6 heteroatoms. The molecule has 0 unspecified atom stereocenters. The molecule has 1 amide bonds. The first kappa shape index (κ1) is 17.7. The number of carbonyl (C=O) groups excluding carboxylic acids is 1. The van der Waals surface area contributed by atoms with E-state index >= 15 is 0 Å². The van der Waals surface area contributed by atoms with Crippen LogP contribution in [0.1, 0.15) is 46.0 Å². The van der Waals surface area contributed by atoms with Crippen LogP contribution in [0, 0.1) is 12.8 Å². The van der Waals surface area contributed by atoms with Gasteiger partial charge in [0.2, 0.25) is 5.91 Å². The van der Waals surface area contributed by atoms with E-state index in [2.05, 4.69) is 34.4 Å². The van der Waals surface area contributed by atoms with E-state index in [9.17, 15) is 4.79 Å². The molecule has 0 aliphatic carbocycles. The van der Waals surface area contributed by atoms with Crippen LogP contribution in [0.5, 0.6) is 0 Å². The highest BCUT2D eigenvalue weighted by molar-refractivity contribution is 6.30. The van der Waals surface area contributed by atoms with Gasteiger partial charge in [0.1, 0.15) is 16.8 Å². The monoisotopic (exact) mass is 312 g/mol. The van der Waals surface area contributed by atoms with E-state index in [1.165, 1.54) is 0 Å². The van der Waals surface area contributed by atoms with Crippen LogP contribution >= 0.6 is 11.6 Å². The van der Waals surface area contributed by atoms with Gasteiger partial charge in [-0.05, 0) is 12.8 Å². The van der Waals surface area contributed by atoms with Crippen molar-refractivity contribution in [2.75, 3.05) is 18.4 Å². The third kappa shape index (κ3) is 5.50. The predicted molar refractivity (Wildman–Crippen MR) is 86.8 cm³/mol. The Morgan fingerprint density at radius 2 is 1.90 bits per heavy atom. The molecular weight excluding hydrogens is 288 g/mol. The van der Waals surface area contributed by atoms with Crippen LogP contribution in [-0.2, 0) is 10.2 Å². The van der Waals surface area contributed by atoms with Crippen LogP contribution in [0.4, 0.5) is 5.82 Å². The van der Waals surface area contributed by atoms with Crippen LogP contribution in [0.15, 0.2) is 0 Å². The summed E-state index contributed by atoms with van der Waals surface area (Å²) in [4.78, 5) is 20.5. The first-order valence-corrected chi connectivity index (χ1v) is 7.54.